The van der Waals surface area contributed by atoms with Gasteiger partial charge in [-0.1, -0.05) is 6.07 Å². The topological polar surface area (TPSA) is 70.2 Å². The maximum Gasteiger partial charge on any atom is 0.435 e. The van der Waals surface area contributed by atoms with Gasteiger partial charge in [0.05, 0.1) is 27.9 Å². The van der Waals surface area contributed by atoms with E-state index in [1.54, 1.807) is 12.1 Å². The van der Waals surface area contributed by atoms with Crippen molar-refractivity contribution in [1.82, 2.24) is 25.4 Å². The van der Waals surface area contributed by atoms with Crippen LogP contribution in [0.2, 0.25) is 0 Å². The van der Waals surface area contributed by atoms with Crippen molar-refractivity contribution in [2.75, 3.05) is 0 Å². The third-order valence-corrected chi connectivity index (χ3v) is 6.28. The fourth-order valence-corrected chi connectivity index (χ4v) is 4.91. The van der Waals surface area contributed by atoms with E-state index in [0.717, 1.165) is 64.4 Å². The van der Waals surface area contributed by atoms with Crippen LogP contribution in [0.3, 0.4) is 0 Å². The van der Waals surface area contributed by atoms with Crippen LogP contribution in [0.1, 0.15) is 35.4 Å². The number of nitrogens with zero attached hydrogens (tertiary/aromatic N) is 3. The summed E-state index contributed by atoms with van der Waals surface area (Å²) in [5.74, 6) is 0. The Labute approximate surface area is 174 Å². The summed E-state index contributed by atoms with van der Waals surface area (Å²) in [7, 11) is 0. The number of hydrogen-bond donors (Lipinski definition) is 2. The number of aromatic nitrogens is 5. The van der Waals surface area contributed by atoms with E-state index in [-0.39, 0.29) is 5.39 Å². The van der Waals surface area contributed by atoms with Gasteiger partial charge in [0.25, 0.3) is 0 Å². The van der Waals surface area contributed by atoms with Crippen LogP contribution in [0, 0.1) is 6.92 Å². The summed E-state index contributed by atoms with van der Waals surface area (Å²) in [5, 5.41) is 15.7. The molecule has 0 amide bonds. The van der Waals surface area contributed by atoms with Gasteiger partial charge in [0.2, 0.25) is 0 Å². The number of fused-ring (bicyclic) bond motifs is 6. The minimum absolute atomic E-state index is 0.0672. The Balaban J connectivity index is 1.67. The summed E-state index contributed by atoms with van der Waals surface area (Å²) >= 11 is 0. The molecule has 0 bridgehead atoms. The average Bonchev–Trinajstić information content (AvgIpc) is 3.36. The molecule has 5 nitrogen and oxygen atoms in total. The summed E-state index contributed by atoms with van der Waals surface area (Å²) < 4.78 is 40.2. The first-order valence-electron chi connectivity index (χ1n) is 10.3. The van der Waals surface area contributed by atoms with E-state index in [9.17, 15) is 13.2 Å². The maximum atomic E-state index is 13.4. The smallest absolute Gasteiger partial charge is 0.278 e. The Kier molecular flexibility index (Phi) is 3.73. The molecule has 0 unspecified atom stereocenters. The predicted molar refractivity (Wildman–Crippen MR) is 113 cm³/mol. The fourth-order valence-electron chi connectivity index (χ4n) is 4.91. The van der Waals surface area contributed by atoms with Gasteiger partial charge in [0, 0.05) is 21.7 Å². The first kappa shape index (κ1) is 18.4. The first-order chi connectivity index (χ1) is 14.9. The molecule has 2 aromatic carbocycles. The molecule has 5 aromatic rings. The van der Waals surface area contributed by atoms with Crippen LogP contribution in [0.15, 0.2) is 30.3 Å². The van der Waals surface area contributed by atoms with E-state index >= 15 is 0 Å². The fraction of sp³-hybridized carbons (Fsp3) is 0.261. The van der Waals surface area contributed by atoms with Crippen LogP contribution in [0.4, 0.5) is 13.2 Å². The van der Waals surface area contributed by atoms with Crippen molar-refractivity contribution in [3.8, 4) is 11.3 Å². The molecule has 31 heavy (non-hydrogen) atoms. The lowest BCUT2D eigenvalue weighted by Gasteiger charge is -2.22. The summed E-state index contributed by atoms with van der Waals surface area (Å²) in [6.45, 7) is 1.98. The molecule has 2 N–H and O–H groups in total. The highest BCUT2D eigenvalue weighted by Crippen LogP contribution is 2.40. The van der Waals surface area contributed by atoms with Gasteiger partial charge in [-0.15, -0.1) is 0 Å². The highest BCUT2D eigenvalue weighted by atomic mass is 19.4. The van der Waals surface area contributed by atoms with Crippen molar-refractivity contribution in [1.29, 1.82) is 0 Å². The molecule has 0 spiro atoms. The molecule has 0 saturated carbocycles. The number of aryl methyl sites for hydroxylation is 2. The zero-order chi connectivity index (χ0) is 21.3. The number of benzene rings is 2. The first-order valence-corrected chi connectivity index (χ1v) is 10.3. The molecular formula is C23H18F3N5. The highest BCUT2D eigenvalue weighted by molar-refractivity contribution is 6.09. The lowest BCUT2D eigenvalue weighted by molar-refractivity contribution is -0.139. The van der Waals surface area contributed by atoms with Gasteiger partial charge in [-0.25, -0.2) is 4.98 Å². The van der Waals surface area contributed by atoms with Gasteiger partial charge in [-0.2, -0.15) is 23.4 Å². The molecular weight excluding hydrogens is 403 g/mol. The van der Waals surface area contributed by atoms with E-state index in [1.807, 2.05) is 25.1 Å². The van der Waals surface area contributed by atoms with Crippen molar-refractivity contribution in [2.24, 2.45) is 0 Å². The second-order valence-electron chi connectivity index (χ2n) is 8.15. The normalized spacial score (nSPS) is 14.6. The Morgan fingerprint density at radius 2 is 1.61 bits per heavy atom. The van der Waals surface area contributed by atoms with E-state index in [4.69, 9.17) is 4.98 Å². The lowest BCUT2D eigenvalue weighted by atomic mass is 9.85. The van der Waals surface area contributed by atoms with Crippen molar-refractivity contribution < 1.29 is 13.2 Å². The monoisotopic (exact) mass is 421 g/mol. The number of nitrogens with one attached hydrogen (secondary N) is 2. The van der Waals surface area contributed by atoms with Crippen LogP contribution in [0.25, 0.3) is 44.0 Å². The van der Waals surface area contributed by atoms with Crippen molar-refractivity contribution in [3.63, 3.8) is 0 Å². The molecule has 0 atom stereocenters. The minimum atomic E-state index is -4.52. The number of pyridine rings is 1. The highest BCUT2D eigenvalue weighted by Gasteiger charge is 2.36. The van der Waals surface area contributed by atoms with Gasteiger partial charge in [-0.3, -0.25) is 10.2 Å². The van der Waals surface area contributed by atoms with Gasteiger partial charge in [-0.05, 0) is 68.0 Å². The van der Waals surface area contributed by atoms with Crippen LogP contribution < -0.4 is 0 Å². The summed E-state index contributed by atoms with van der Waals surface area (Å²) in [5.41, 5.74) is 6.03. The van der Waals surface area contributed by atoms with Crippen molar-refractivity contribution in [3.05, 3.63) is 52.8 Å². The molecule has 3 heterocycles. The largest absolute Gasteiger partial charge is 0.435 e. The Hall–Kier alpha value is -3.42. The lowest BCUT2D eigenvalue weighted by Crippen LogP contribution is -2.08. The van der Waals surface area contributed by atoms with E-state index < -0.39 is 11.9 Å². The summed E-state index contributed by atoms with van der Waals surface area (Å²) in [6.07, 6.45) is -0.617. The van der Waals surface area contributed by atoms with E-state index in [0.29, 0.717) is 11.1 Å². The van der Waals surface area contributed by atoms with Crippen LogP contribution in [-0.2, 0) is 19.0 Å². The van der Waals surface area contributed by atoms with Gasteiger partial charge in [0.15, 0.2) is 5.69 Å². The number of alkyl halides is 3. The minimum Gasteiger partial charge on any atom is -0.278 e. The zero-order valence-corrected chi connectivity index (χ0v) is 16.7. The predicted octanol–water partition coefficient (Wildman–Crippen LogP) is 5.86. The van der Waals surface area contributed by atoms with Crippen molar-refractivity contribution >= 4 is 32.7 Å². The second-order valence-corrected chi connectivity index (χ2v) is 8.15. The Morgan fingerprint density at radius 3 is 2.42 bits per heavy atom. The summed E-state index contributed by atoms with van der Waals surface area (Å²) in [6, 6.07) is 8.96. The quantitative estimate of drug-likeness (QED) is 0.356. The molecule has 0 aliphatic heterocycles. The molecule has 0 saturated heterocycles. The third-order valence-electron chi connectivity index (χ3n) is 6.28. The number of halogens is 3. The number of H-pyrrole nitrogens is 2. The Morgan fingerprint density at radius 1 is 0.871 bits per heavy atom. The van der Waals surface area contributed by atoms with Crippen molar-refractivity contribution in [2.45, 2.75) is 38.8 Å². The van der Waals surface area contributed by atoms with Gasteiger partial charge >= 0.3 is 6.18 Å². The molecule has 8 heteroatoms. The molecule has 0 fully saturated rings. The standard InChI is InChI=1S/C23H18F3N5/c1-11-19-18(30-28-11)9-8-17-20(19)13-4-2-3-5-14(13)21(27-17)12-6-7-16-15(10-12)22(31-29-16)23(24,25)26/h6-10H,2-5H2,1H3,(H,28,30)(H,29,31). The van der Waals surface area contributed by atoms with Crippen LogP contribution in [-0.4, -0.2) is 25.4 Å². The van der Waals surface area contributed by atoms with Gasteiger partial charge < -0.3 is 0 Å². The third kappa shape index (κ3) is 2.67. The molecule has 1 aliphatic carbocycles. The zero-order valence-electron chi connectivity index (χ0n) is 16.7. The van der Waals surface area contributed by atoms with E-state index in [2.05, 4.69) is 20.4 Å². The van der Waals surface area contributed by atoms with Gasteiger partial charge in [0.1, 0.15) is 0 Å². The van der Waals surface area contributed by atoms with Crippen LogP contribution in [0.5, 0.6) is 0 Å². The molecule has 6 rings (SSSR count). The number of hydrogen-bond acceptors (Lipinski definition) is 3. The maximum absolute atomic E-state index is 13.4. The molecule has 3 aromatic heterocycles. The summed E-state index contributed by atoms with van der Waals surface area (Å²) in [4.78, 5) is 4.96. The van der Waals surface area contributed by atoms with E-state index in [1.165, 1.54) is 5.56 Å². The Bertz CT molecular complexity index is 1490. The average molecular weight is 421 g/mol. The second kappa shape index (κ2) is 6.29. The number of rotatable bonds is 1. The number of aromatic amines is 2. The molecule has 0 radical (unpaired) electrons. The van der Waals surface area contributed by atoms with Crippen LogP contribution >= 0.6 is 0 Å². The SMILES string of the molecule is Cc1n[nH]c2ccc3nc(-c4ccc5[nH]nc(C(F)(F)F)c5c4)c4c(c3c12)CCCC4. The molecule has 156 valence electrons. The molecule has 1 aliphatic rings.